The van der Waals surface area contributed by atoms with Crippen molar-refractivity contribution in [1.82, 2.24) is 4.37 Å². The molecule has 1 aliphatic rings. The SMILES string of the molecule is CN(CC1CCCCO1)c1snc(N)c1C#N. The number of hydrogen-bond acceptors (Lipinski definition) is 6. The molecular formula is C11H16N4OS. The third kappa shape index (κ3) is 2.68. The monoisotopic (exact) mass is 252 g/mol. The minimum Gasteiger partial charge on any atom is -0.382 e. The summed E-state index contributed by atoms with van der Waals surface area (Å²) in [5, 5.41) is 9.85. The largest absolute Gasteiger partial charge is 0.382 e. The van der Waals surface area contributed by atoms with E-state index in [-0.39, 0.29) is 6.10 Å². The molecule has 1 atom stereocenters. The van der Waals surface area contributed by atoms with Crippen LogP contribution in [0.5, 0.6) is 0 Å². The van der Waals surface area contributed by atoms with Crippen molar-refractivity contribution in [2.24, 2.45) is 0 Å². The van der Waals surface area contributed by atoms with Gasteiger partial charge < -0.3 is 15.4 Å². The van der Waals surface area contributed by atoms with Gasteiger partial charge in [0.05, 0.1) is 6.10 Å². The predicted molar refractivity (Wildman–Crippen MR) is 68.1 cm³/mol. The second-order valence-electron chi connectivity index (χ2n) is 4.23. The van der Waals surface area contributed by atoms with Gasteiger partial charge in [0.25, 0.3) is 0 Å². The third-order valence-corrected chi connectivity index (χ3v) is 3.89. The number of nitrogens with two attached hydrogens (primary N) is 1. The van der Waals surface area contributed by atoms with E-state index in [2.05, 4.69) is 10.4 Å². The maximum absolute atomic E-state index is 9.02. The van der Waals surface area contributed by atoms with E-state index in [9.17, 15) is 0 Å². The normalized spacial score (nSPS) is 19.9. The third-order valence-electron chi connectivity index (χ3n) is 2.91. The molecular weight excluding hydrogens is 236 g/mol. The summed E-state index contributed by atoms with van der Waals surface area (Å²) in [4.78, 5) is 2.02. The molecule has 1 unspecified atom stereocenters. The molecule has 1 saturated heterocycles. The minimum atomic E-state index is 0.253. The molecule has 6 heteroatoms. The van der Waals surface area contributed by atoms with Crippen LogP contribution in [0.2, 0.25) is 0 Å². The Morgan fingerprint density at radius 3 is 3.12 bits per heavy atom. The molecule has 92 valence electrons. The van der Waals surface area contributed by atoms with Crippen molar-refractivity contribution in [1.29, 1.82) is 5.26 Å². The van der Waals surface area contributed by atoms with Gasteiger partial charge in [0.15, 0.2) is 5.82 Å². The van der Waals surface area contributed by atoms with Crippen molar-refractivity contribution in [3.8, 4) is 6.07 Å². The number of ether oxygens (including phenoxy) is 1. The van der Waals surface area contributed by atoms with Gasteiger partial charge in [-0.2, -0.15) is 9.64 Å². The Hall–Kier alpha value is -1.32. The van der Waals surface area contributed by atoms with Gasteiger partial charge in [0.1, 0.15) is 16.6 Å². The first-order chi connectivity index (χ1) is 8.22. The number of anilines is 2. The number of nitrogen functional groups attached to an aromatic ring is 1. The number of aromatic nitrogens is 1. The number of hydrogen-bond donors (Lipinski definition) is 1. The van der Waals surface area contributed by atoms with E-state index in [0.717, 1.165) is 31.0 Å². The van der Waals surface area contributed by atoms with E-state index in [1.165, 1.54) is 18.0 Å². The summed E-state index contributed by atoms with van der Waals surface area (Å²) >= 11 is 1.27. The molecule has 0 radical (unpaired) electrons. The summed E-state index contributed by atoms with van der Waals surface area (Å²) in [5.74, 6) is 0.323. The zero-order chi connectivity index (χ0) is 12.3. The van der Waals surface area contributed by atoms with Gasteiger partial charge in [-0.1, -0.05) is 0 Å². The Labute approximate surface area is 105 Å². The Morgan fingerprint density at radius 1 is 1.65 bits per heavy atom. The first-order valence-electron chi connectivity index (χ1n) is 5.70. The maximum atomic E-state index is 9.02. The van der Waals surface area contributed by atoms with Gasteiger partial charge in [-0.05, 0) is 30.8 Å². The summed E-state index contributed by atoms with van der Waals surface area (Å²) in [5.41, 5.74) is 6.12. The lowest BCUT2D eigenvalue weighted by Gasteiger charge is -2.27. The quantitative estimate of drug-likeness (QED) is 0.884. The Morgan fingerprint density at radius 2 is 2.47 bits per heavy atom. The van der Waals surface area contributed by atoms with Crippen LogP contribution >= 0.6 is 11.5 Å². The van der Waals surface area contributed by atoms with Crippen LogP contribution in [-0.4, -0.2) is 30.7 Å². The summed E-state index contributed by atoms with van der Waals surface area (Å²) in [7, 11) is 1.95. The van der Waals surface area contributed by atoms with Crippen molar-refractivity contribution in [2.75, 3.05) is 30.8 Å². The van der Waals surface area contributed by atoms with Crippen molar-refractivity contribution >= 4 is 22.4 Å². The summed E-state index contributed by atoms with van der Waals surface area (Å²) < 4.78 is 9.69. The lowest BCUT2D eigenvalue weighted by Crippen LogP contribution is -2.33. The molecule has 2 heterocycles. The van der Waals surface area contributed by atoms with Crippen LogP contribution in [0.4, 0.5) is 10.8 Å². The fourth-order valence-electron chi connectivity index (χ4n) is 2.00. The highest BCUT2D eigenvalue weighted by Crippen LogP contribution is 2.29. The number of nitrogens with zero attached hydrogens (tertiary/aromatic N) is 3. The van der Waals surface area contributed by atoms with Crippen LogP contribution in [0.3, 0.4) is 0 Å². The highest BCUT2D eigenvalue weighted by Gasteiger charge is 2.20. The zero-order valence-corrected chi connectivity index (χ0v) is 10.7. The van der Waals surface area contributed by atoms with Gasteiger partial charge >= 0.3 is 0 Å². The zero-order valence-electron chi connectivity index (χ0n) is 9.85. The van der Waals surface area contributed by atoms with E-state index in [1.807, 2.05) is 11.9 Å². The summed E-state index contributed by atoms with van der Waals surface area (Å²) in [6.45, 7) is 1.63. The van der Waals surface area contributed by atoms with E-state index >= 15 is 0 Å². The summed E-state index contributed by atoms with van der Waals surface area (Å²) in [6, 6.07) is 2.10. The van der Waals surface area contributed by atoms with Crippen molar-refractivity contribution in [2.45, 2.75) is 25.4 Å². The Bertz CT molecular complexity index is 420. The van der Waals surface area contributed by atoms with Crippen LogP contribution in [0.1, 0.15) is 24.8 Å². The highest BCUT2D eigenvalue weighted by atomic mass is 32.1. The molecule has 2 N–H and O–H groups in total. The van der Waals surface area contributed by atoms with Gasteiger partial charge in [0.2, 0.25) is 0 Å². The number of rotatable bonds is 3. The molecule has 5 nitrogen and oxygen atoms in total. The first kappa shape index (κ1) is 12.1. The fraction of sp³-hybridized carbons (Fsp3) is 0.636. The van der Waals surface area contributed by atoms with Crippen molar-refractivity contribution in [3.63, 3.8) is 0 Å². The van der Waals surface area contributed by atoms with E-state index < -0.39 is 0 Å². The Kier molecular flexibility index (Phi) is 3.82. The standard InChI is InChI=1S/C11H16N4OS/c1-15(7-8-4-2-3-5-16-8)11-9(6-12)10(13)14-17-11/h8H,2-5,7H2,1H3,(H2,13,14). The molecule has 0 bridgehead atoms. The van der Waals surface area contributed by atoms with Crippen LogP contribution in [0, 0.1) is 11.3 Å². The smallest absolute Gasteiger partial charge is 0.157 e. The van der Waals surface area contributed by atoms with Crippen LogP contribution in [0.25, 0.3) is 0 Å². The molecule has 0 aliphatic carbocycles. The fourth-order valence-corrected chi connectivity index (χ4v) is 2.73. The van der Waals surface area contributed by atoms with Crippen LogP contribution < -0.4 is 10.6 Å². The molecule has 1 aromatic heterocycles. The predicted octanol–water partition coefficient (Wildman–Crippen LogP) is 1.60. The highest BCUT2D eigenvalue weighted by molar-refractivity contribution is 7.10. The molecule has 0 amide bonds. The molecule has 0 spiro atoms. The van der Waals surface area contributed by atoms with Crippen LogP contribution in [0.15, 0.2) is 0 Å². The minimum absolute atomic E-state index is 0.253. The molecule has 1 fully saturated rings. The van der Waals surface area contributed by atoms with Crippen molar-refractivity contribution < 1.29 is 4.74 Å². The van der Waals surface area contributed by atoms with Gasteiger partial charge in [-0.3, -0.25) is 0 Å². The first-order valence-corrected chi connectivity index (χ1v) is 6.47. The molecule has 17 heavy (non-hydrogen) atoms. The molecule has 1 aromatic rings. The Balaban J connectivity index is 2.03. The van der Waals surface area contributed by atoms with Crippen LogP contribution in [-0.2, 0) is 4.74 Å². The van der Waals surface area contributed by atoms with E-state index in [4.69, 9.17) is 15.7 Å². The maximum Gasteiger partial charge on any atom is 0.157 e. The van der Waals surface area contributed by atoms with Gasteiger partial charge in [-0.15, -0.1) is 0 Å². The molecule has 0 aromatic carbocycles. The van der Waals surface area contributed by atoms with E-state index in [0.29, 0.717) is 11.4 Å². The van der Waals surface area contributed by atoms with E-state index in [1.54, 1.807) is 0 Å². The average Bonchev–Trinajstić information content (AvgIpc) is 2.71. The molecule has 0 saturated carbocycles. The molecule has 2 rings (SSSR count). The number of likely N-dealkylation sites (N-methyl/N-ethyl adjacent to an activating group) is 1. The summed E-state index contributed by atoms with van der Waals surface area (Å²) in [6.07, 6.45) is 3.70. The lowest BCUT2D eigenvalue weighted by atomic mass is 10.1. The molecule has 1 aliphatic heterocycles. The topological polar surface area (TPSA) is 75.2 Å². The van der Waals surface area contributed by atoms with Gasteiger partial charge in [-0.25, -0.2) is 0 Å². The second-order valence-corrected chi connectivity index (χ2v) is 4.98. The van der Waals surface area contributed by atoms with Gasteiger partial charge in [0, 0.05) is 20.2 Å². The lowest BCUT2D eigenvalue weighted by molar-refractivity contribution is 0.0217. The van der Waals surface area contributed by atoms with Crippen molar-refractivity contribution in [3.05, 3.63) is 5.56 Å². The average molecular weight is 252 g/mol. The number of nitriles is 1. The second kappa shape index (κ2) is 5.34.